The number of carbonyl (C=O) groups excluding carboxylic acids is 1. The Morgan fingerprint density at radius 3 is 2.34 bits per heavy atom. The summed E-state index contributed by atoms with van der Waals surface area (Å²) in [6.45, 7) is 0.939. The number of likely N-dealkylation sites (tertiary alicyclic amines) is 1. The van der Waals surface area contributed by atoms with Crippen LogP contribution in [0.2, 0.25) is 5.02 Å². The van der Waals surface area contributed by atoms with Crippen LogP contribution in [-0.2, 0) is 27.7 Å². The normalized spacial score (nSPS) is 14.1. The lowest BCUT2D eigenvalue weighted by Gasteiger charge is -2.38. The van der Waals surface area contributed by atoms with Crippen LogP contribution in [-0.4, -0.2) is 37.6 Å². The molecule has 0 N–H and O–H groups in total. The van der Waals surface area contributed by atoms with Gasteiger partial charge >= 0.3 is 0 Å². The molecule has 0 radical (unpaired) electrons. The van der Waals surface area contributed by atoms with Crippen molar-refractivity contribution in [3.8, 4) is 5.75 Å². The van der Waals surface area contributed by atoms with Crippen molar-refractivity contribution in [1.29, 1.82) is 0 Å². The van der Waals surface area contributed by atoms with Crippen molar-refractivity contribution >= 4 is 27.3 Å². The molecule has 0 bridgehead atoms. The maximum absolute atomic E-state index is 12.7. The van der Waals surface area contributed by atoms with Crippen LogP contribution in [0, 0.1) is 0 Å². The number of rotatable bonds is 8. The van der Waals surface area contributed by atoms with E-state index in [-0.39, 0.29) is 23.9 Å². The van der Waals surface area contributed by atoms with E-state index in [9.17, 15) is 13.2 Å². The second kappa shape index (κ2) is 9.76. The molecule has 1 heterocycles. The number of amides is 1. The van der Waals surface area contributed by atoms with Crippen LogP contribution in [0.15, 0.2) is 83.8 Å². The Morgan fingerprint density at radius 1 is 0.938 bits per heavy atom. The summed E-state index contributed by atoms with van der Waals surface area (Å²) < 4.78 is 31.2. The fraction of sp³-hybridized carbons (Fsp3) is 0.240. The topological polar surface area (TPSA) is 63.7 Å². The van der Waals surface area contributed by atoms with Crippen LogP contribution >= 0.6 is 11.6 Å². The van der Waals surface area contributed by atoms with Crippen molar-refractivity contribution in [2.75, 3.05) is 13.1 Å². The van der Waals surface area contributed by atoms with Gasteiger partial charge in [0.15, 0.2) is 9.84 Å². The minimum atomic E-state index is -3.46. The summed E-state index contributed by atoms with van der Waals surface area (Å²) in [5.74, 6) is 0.722. The number of sulfone groups is 1. The fourth-order valence-corrected chi connectivity index (χ4v) is 5.37. The van der Waals surface area contributed by atoms with Crippen LogP contribution < -0.4 is 4.74 Å². The molecule has 0 spiro atoms. The number of halogens is 1. The maximum atomic E-state index is 12.7. The third-order valence-corrected chi connectivity index (χ3v) is 7.91. The molecular formula is C25H24ClNO4S. The molecule has 1 saturated heterocycles. The molecule has 5 nitrogen and oxygen atoms in total. The maximum Gasteiger partial charge on any atom is 0.222 e. The minimum Gasteiger partial charge on any atom is -0.489 e. The highest BCUT2D eigenvalue weighted by Gasteiger charge is 2.40. The van der Waals surface area contributed by atoms with E-state index in [1.807, 2.05) is 54.6 Å². The standard InChI is InChI=1S/C25H24ClNO4S/c26-21-10-12-23(13-11-21)32(29,30)24-16-27(17-24)25(28)14-9-19-7-4-8-22(15-19)31-18-20-5-2-1-3-6-20/h1-8,10-13,15,24H,9,14,16-18H2. The summed E-state index contributed by atoms with van der Waals surface area (Å²) >= 11 is 5.84. The highest BCUT2D eigenvalue weighted by Crippen LogP contribution is 2.26. The average molecular weight is 470 g/mol. The van der Waals surface area contributed by atoms with Gasteiger partial charge in [0.2, 0.25) is 5.91 Å². The molecule has 4 rings (SSSR count). The predicted molar refractivity (Wildman–Crippen MR) is 125 cm³/mol. The SMILES string of the molecule is O=C(CCc1cccc(OCc2ccccc2)c1)N1CC(S(=O)(=O)c2ccc(Cl)cc2)C1. The lowest BCUT2D eigenvalue weighted by atomic mass is 10.1. The van der Waals surface area contributed by atoms with E-state index in [4.69, 9.17) is 16.3 Å². The first-order chi connectivity index (χ1) is 15.4. The van der Waals surface area contributed by atoms with Gasteiger partial charge in [0.1, 0.15) is 17.6 Å². The second-order valence-corrected chi connectivity index (χ2v) is 10.5. The van der Waals surface area contributed by atoms with Crippen molar-refractivity contribution in [3.63, 3.8) is 0 Å². The molecule has 3 aromatic carbocycles. The molecular weight excluding hydrogens is 446 g/mol. The van der Waals surface area contributed by atoms with E-state index in [0.29, 0.717) is 24.5 Å². The number of benzene rings is 3. The Balaban J connectivity index is 1.26. The largest absolute Gasteiger partial charge is 0.489 e. The second-order valence-electron chi connectivity index (χ2n) is 7.84. The molecule has 0 saturated carbocycles. The van der Waals surface area contributed by atoms with Gasteiger partial charge in [-0.15, -0.1) is 0 Å². The smallest absolute Gasteiger partial charge is 0.222 e. The summed E-state index contributed by atoms with van der Waals surface area (Å²) in [7, 11) is -3.46. The molecule has 7 heteroatoms. The van der Waals surface area contributed by atoms with Gasteiger partial charge in [-0.1, -0.05) is 54.1 Å². The summed E-state index contributed by atoms with van der Waals surface area (Å²) in [6, 6.07) is 23.8. The molecule has 0 unspecified atom stereocenters. The van der Waals surface area contributed by atoms with Crippen LogP contribution in [0.5, 0.6) is 5.75 Å². The highest BCUT2D eigenvalue weighted by molar-refractivity contribution is 7.92. The Morgan fingerprint density at radius 2 is 1.62 bits per heavy atom. The molecule has 1 aliphatic heterocycles. The molecule has 32 heavy (non-hydrogen) atoms. The Labute approximate surface area is 193 Å². The van der Waals surface area contributed by atoms with Crippen molar-refractivity contribution in [3.05, 3.63) is 95.0 Å². The van der Waals surface area contributed by atoms with Gasteiger partial charge in [0.05, 0.1) is 4.90 Å². The van der Waals surface area contributed by atoms with Gasteiger partial charge in [-0.2, -0.15) is 0 Å². The predicted octanol–water partition coefficient (Wildman–Crippen LogP) is 4.54. The Kier molecular flexibility index (Phi) is 6.82. The van der Waals surface area contributed by atoms with E-state index >= 15 is 0 Å². The third-order valence-electron chi connectivity index (χ3n) is 5.56. The Bertz CT molecular complexity index is 1170. The van der Waals surface area contributed by atoms with Crippen LogP contribution in [0.25, 0.3) is 0 Å². The lowest BCUT2D eigenvalue weighted by molar-refractivity contribution is -0.134. The van der Waals surface area contributed by atoms with Crippen LogP contribution in [0.1, 0.15) is 17.5 Å². The number of carbonyl (C=O) groups is 1. The molecule has 1 fully saturated rings. The molecule has 0 aromatic heterocycles. The van der Waals surface area contributed by atoms with E-state index < -0.39 is 15.1 Å². The van der Waals surface area contributed by atoms with Gasteiger partial charge < -0.3 is 9.64 Å². The average Bonchev–Trinajstić information content (AvgIpc) is 2.76. The quantitative estimate of drug-likeness (QED) is 0.486. The number of ether oxygens (including phenoxy) is 1. The number of hydrogen-bond acceptors (Lipinski definition) is 4. The summed E-state index contributed by atoms with van der Waals surface area (Å²) in [4.78, 5) is 14.4. The van der Waals surface area contributed by atoms with Gasteiger partial charge in [-0.05, 0) is 53.9 Å². The summed E-state index contributed by atoms with van der Waals surface area (Å²) in [6.07, 6.45) is 0.905. The van der Waals surface area contributed by atoms with Gasteiger partial charge in [0.25, 0.3) is 0 Å². The molecule has 1 aliphatic rings. The Hall–Kier alpha value is -2.83. The van der Waals surface area contributed by atoms with E-state index in [1.165, 1.54) is 12.1 Å². The van der Waals surface area contributed by atoms with E-state index in [1.54, 1.807) is 17.0 Å². The molecule has 0 atom stereocenters. The van der Waals surface area contributed by atoms with E-state index in [0.717, 1.165) is 16.9 Å². The molecule has 3 aromatic rings. The monoisotopic (exact) mass is 469 g/mol. The van der Waals surface area contributed by atoms with Crippen molar-refractivity contribution < 1.29 is 17.9 Å². The number of aryl methyl sites for hydroxylation is 1. The van der Waals surface area contributed by atoms with Gasteiger partial charge in [-0.3, -0.25) is 4.79 Å². The zero-order valence-corrected chi connectivity index (χ0v) is 19.1. The van der Waals surface area contributed by atoms with Crippen molar-refractivity contribution in [2.45, 2.75) is 29.6 Å². The first kappa shape index (κ1) is 22.4. The van der Waals surface area contributed by atoms with Gasteiger partial charge in [-0.25, -0.2) is 8.42 Å². The molecule has 0 aliphatic carbocycles. The van der Waals surface area contributed by atoms with Crippen molar-refractivity contribution in [1.82, 2.24) is 4.90 Å². The fourth-order valence-electron chi connectivity index (χ4n) is 3.60. The lowest BCUT2D eigenvalue weighted by Crippen LogP contribution is -2.56. The third kappa shape index (κ3) is 5.31. The van der Waals surface area contributed by atoms with Crippen LogP contribution in [0.3, 0.4) is 0 Å². The minimum absolute atomic E-state index is 0.0387. The van der Waals surface area contributed by atoms with Crippen LogP contribution in [0.4, 0.5) is 0 Å². The van der Waals surface area contributed by atoms with E-state index in [2.05, 4.69) is 0 Å². The first-order valence-corrected chi connectivity index (χ1v) is 12.4. The first-order valence-electron chi connectivity index (χ1n) is 10.4. The molecule has 166 valence electrons. The number of nitrogens with zero attached hydrogens (tertiary/aromatic N) is 1. The van der Waals surface area contributed by atoms with Crippen molar-refractivity contribution in [2.24, 2.45) is 0 Å². The summed E-state index contributed by atoms with van der Waals surface area (Å²) in [5, 5.41) is -0.0776. The zero-order valence-electron chi connectivity index (χ0n) is 17.5. The highest BCUT2D eigenvalue weighted by atomic mass is 35.5. The molecule has 1 amide bonds. The summed E-state index contributed by atoms with van der Waals surface area (Å²) in [5.41, 5.74) is 2.10. The number of hydrogen-bond donors (Lipinski definition) is 0. The zero-order chi connectivity index (χ0) is 22.6. The van der Waals surface area contributed by atoms with Gasteiger partial charge in [0, 0.05) is 24.5 Å².